The molecule has 0 saturated carbocycles. The van der Waals surface area contributed by atoms with Gasteiger partial charge >= 0.3 is 6.03 Å². The molecule has 2 amide bonds. The van der Waals surface area contributed by atoms with Gasteiger partial charge in [-0.15, -0.1) is 0 Å². The van der Waals surface area contributed by atoms with Crippen molar-refractivity contribution < 1.29 is 9.90 Å². The molecule has 0 bridgehead atoms. The molecule has 1 unspecified atom stereocenters. The van der Waals surface area contributed by atoms with Gasteiger partial charge in [0, 0.05) is 25.6 Å². The van der Waals surface area contributed by atoms with Crippen molar-refractivity contribution in [1.29, 1.82) is 0 Å². The molecule has 1 fully saturated rings. The van der Waals surface area contributed by atoms with Gasteiger partial charge in [-0.25, -0.2) is 4.79 Å². The monoisotopic (exact) mass is 324 g/mol. The van der Waals surface area contributed by atoms with Crippen molar-refractivity contribution in [3.8, 4) is 0 Å². The zero-order valence-corrected chi connectivity index (χ0v) is 13.8. The number of carbonyl (C=O) groups excluding carboxylic acids is 1. The van der Waals surface area contributed by atoms with Crippen LogP contribution in [0.1, 0.15) is 35.4 Å². The van der Waals surface area contributed by atoms with Crippen molar-refractivity contribution >= 4 is 6.03 Å². The van der Waals surface area contributed by atoms with E-state index in [9.17, 15) is 9.90 Å². The third kappa shape index (κ3) is 4.15. The van der Waals surface area contributed by atoms with Crippen molar-refractivity contribution in [3.63, 3.8) is 0 Å². The lowest BCUT2D eigenvalue weighted by Crippen LogP contribution is -2.44. The molecule has 24 heavy (non-hydrogen) atoms. The first-order valence-electron chi connectivity index (χ1n) is 8.52. The lowest BCUT2D eigenvalue weighted by atomic mass is 9.91. The minimum Gasteiger partial charge on any atom is -0.392 e. The predicted molar refractivity (Wildman–Crippen MR) is 94.6 cm³/mol. The number of benzene rings is 2. The highest BCUT2D eigenvalue weighted by atomic mass is 16.3. The Morgan fingerprint density at radius 2 is 1.92 bits per heavy atom. The van der Waals surface area contributed by atoms with Crippen LogP contribution in [0, 0.1) is 0 Å². The fraction of sp³-hybridized carbons (Fsp3) is 0.350. The Morgan fingerprint density at radius 1 is 1.12 bits per heavy atom. The van der Waals surface area contributed by atoms with Crippen LogP contribution in [-0.4, -0.2) is 29.1 Å². The van der Waals surface area contributed by atoms with E-state index in [1.54, 1.807) is 0 Å². The van der Waals surface area contributed by atoms with Gasteiger partial charge in [0.15, 0.2) is 0 Å². The van der Waals surface area contributed by atoms with Gasteiger partial charge in [-0.05, 0) is 29.5 Å². The molecule has 4 heteroatoms. The Bertz CT molecular complexity index is 672. The molecule has 0 aromatic heterocycles. The molecule has 2 aromatic carbocycles. The van der Waals surface area contributed by atoms with Gasteiger partial charge in [-0.1, -0.05) is 54.6 Å². The topological polar surface area (TPSA) is 52.6 Å². The number of carbonyl (C=O) groups is 1. The number of nitrogens with one attached hydrogen (secondary N) is 1. The van der Waals surface area contributed by atoms with Gasteiger partial charge in [0.25, 0.3) is 0 Å². The smallest absolute Gasteiger partial charge is 0.317 e. The molecule has 4 nitrogen and oxygen atoms in total. The standard InChI is InChI=1S/C20H24N2O2/c23-15-17-7-4-6-16(12-17)13-21-20(24)22-11-5-10-19(14-22)18-8-2-1-3-9-18/h1-4,6-9,12,19,23H,5,10-11,13-15H2,(H,21,24). The molecule has 1 heterocycles. The maximum absolute atomic E-state index is 12.5. The van der Waals surface area contributed by atoms with E-state index in [2.05, 4.69) is 29.6 Å². The lowest BCUT2D eigenvalue weighted by Gasteiger charge is -2.33. The van der Waals surface area contributed by atoms with Crippen molar-refractivity contribution in [2.75, 3.05) is 13.1 Å². The van der Waals surface area contributed by atoms with E-state index in [0.717, 1.165) is 37.1 Å². The van der Waals surface area contributed by atoms with Crippen molar-refractivity contribution in [1.82, 2.24) is 10.2 Å². The third-order valence-electron chi connectivity index (χ3n) is 4.60. The van der Waals surface area contributed by atoms with Gasteiger partial charge in [0.1, 0.15) is 0 Å². The number of amides is 2. The Labute approximate surface area is 143 Å². The van der Waals surface area contributed by atoms with E-state index < -0.39 is 0 Å². The van der Waals surface area contributed by atoms with Crippen molar-refractivity contribution in [3.05, 3.63) is 71.3 Å². The molecule has 1 saturated heterocycles. The Hall–Kier alpha value is -2.33. The fourth-order valence-corrected chi connectivity index (χ4v) is 3.29. The normalized spacial score (nSPS) is 17.5. The SMILES string of the molecule is O=C(NCc1cccc(CO)c1)N1CCCC(c2ccccc2)C1. The number of piperidine rings is 1. The second-order valence-corrected chi connectivity index (χ2v) is 6.33. The van der Waals surface area contributed by atoms with Crippen LogP contribution in [0.5, 0.6) is 0 Å². The number of hydrogen-bond donors (Lipinski definition) is 2. The van der Waals surface area contributed by atoms with Crippen LogP contribution in [0.25, 0.3) is 0 Å². The number of aliphatic hydroxyl groups is 1. The van der Waals surface area contributed by atoms with Crippen molar-refractivity contribution in [2.24, 2.45) is 0 Å². The van der Waals surface area contributed by atoms with E-state index in [1.807, 2.05) is 35.2 Å². The minimum atomic E-state index is -0.00923. The average Bonchev–Trinajstić information content (AvgIpc) is 2.67. The van der Waals surface area contributed by atoms with E-state index in [-0.39, 0.29) is 12.6 Å². The summed E-state index contributed by atoms with van der Waals surface area (Å²) < 4.78 is 0. The highest BCUT2D eigenvalue weighted by molar-refractivity contribution is 5.74. The molecule has 126 valence electrons. The minimum absolute atomic E-state index is 0.00923. The summed E-state index contributed by atoms with van der Waals surface area (Å²) in [7, 11) is 0. The predicted octanol–water partition coefficient (Wildman–Crippen LogP) is 3.27. The van der Waals surface area contributed by atoms with Crippen LogP contribution in [0.2, 0.25) is 0 Å². The summed E-state index contributed by atoms with van der Waals surface area (Å²) in [4.78, 5) is 14.4. The van der Waals surface area contributed by atoms with Crippen LogP contribution >= 0.6 is 0 Å². The van der Waals surface area contributed by atoms with Crippen LogP contribution in [0.3, 0.4) is 0 Å². The van der Waals surface area contributed by atoms with Crippen molar-refractivity contribution in [2.45, 2.75) is 31.9 Å². The van der Waals surface area contributed by atoms with Gasteiger partial charge in [-0.3, -0.25) is 0 Å². The molecule has 0 aliphatic carbocycles. The Morgan fingerprint density at radius 3 is 2.71 bits per heavy atom. The first-order valence-corrected chi connectivity index (χ1v) is 8.52. The largest absolute Gasteiger partial charge is 0.392 e. The number of likely N-dealkylation sites (tertiary alicyclic amines) is 1. The van der Waals surface area contributed by atoms with E-state index in [1.165, 1.54) is 5.56 Å². The summed E-state index contributed by atoms with van der Waals surface area (Å²) in [6.07, 6.45) is 2.17. The summed E-state index contributed by atoms with van der Waals surface area (Å²) in [6, 6.07) is 18.1. The second kappa shape index (κ2) is 7.97. The lowest BCUT2D eigenvalue weighted by molar-refractivity contribution is 0.179. The molecule has 0 radical (unpaired) electrons. The average molecular weight is 324 g/mol. The zero-order valence-electron chi connectivity index (χ0n) is 13.8. The van der Waals surface area contributed by atoms with E-state index in [4.69, 9.17) is 0 Å². The molecule has 3 rings (SSSR count). The third-order valence-corrected chi connectivity index (χ3v) is 4.60. The number of rotatable bonds is 4. The van der Waals surface area contributed by atoms with Gasteiger partial charge in [0.05, 0.1) is 6.61 Å². The number of nitrogens with zero attached hydrogens (tertiary/aromatic N) is 1. The molecule has 1 aliphatic rings. The Kier molecular flexibility index (Phi) is 5.49. The maximum Gasteiger partial charge on any atom is 0.317 e. The Balaban J connectivity index is 1.56. The first-order chi connectivity index (χ1) is 11.8. The van der Waals surface area contributed by atoms with Gasteiger partial charge < -0.3 is 15.3 Å². The number of aliphatic hydroxyl groups excluding tert-OH is 1. The summed E-state index contributed by atoms with van der Waals surface area (Å²) >= 11 is 0. The van der Waals surface area contributed by atoms with Crippen LogP contribution in [-0.2, 0) is 13.2 Å². The maximum atomic E-state index is 12.5. The highest BCUT2D eigenvalue weighted by Crippen LogP contribution is 2.26. The number of urea groups is 1. The molecule has 0 spiro atoms. The highest BCUT2D eigenvalue weighted by Gasteiger charge is 2.24. The van der Waals surface area contributed by atoms with Gasteiger partial charge in [0.2, 0.25) is 0 Å². The quantitative estimate of drug-likeness (QED) is 0.907. The molecular formula is C20H24N2O2. The van der Waals surface area contributed by atoms with Crippen LogP contribution < -0.4 is 5.32 Å². The van der Waals surface area contributed by atoms with Crippen LogP contribution in [0.15, 0.2) is 54.6 Å². The van der Waals surface area contributed by atoms with Gasteiger partial charge in [-0.2, -0.15) is 0 Å². The summed E-state index contributed by atoms with van der Waals surface area (Å²) in [5.74, 6) is 0.420. The first kappa shape index (κ1) is 16.5. The second-order valence-electron chi connectivity index (χ2n) is 6.33. The molecule has 1 aliphatic heterocycles. The molecular weight excluding hydrogens is 300 g/mol. The summed E-state index contributed by atoms with van der Waals surface area (Å²) in [5, 5.41) is 12.2. The molecule has 2 N–H and O–H groups in total. The zero-order chi connectivity index (χ0) is 16.8. The molecule has 2 aromatic rings. The summed E-state index contributed by atoms with van der Waals surface area (Å²) in [6.45, 7) is 2.09. The number of hydrogen-bond acceptors (Lipinski definition) is 2. The fourth-order valence-electron chi connectivity index (χ4n) is 3.29. The summed E-state index contributed by atoms with van der Waals surface area (Å²) in [5.41, 5.74) is 3.18. The van der Waals surface area contributed by atoms with E-state index >= 15 is 0 Å². The van der Waals surface area contributed by atoms with E-state index in [0.29, 0.717) is 12.5 Å². The molecule has 1 atom stereocenters. The van der Waals surface area contributed by atoms with Crippen LogP contribution in [0.4, 0.5) is 4.79 Å².